The number of nitrogens with zero attached hydrogens (tertiary/aromatic N) is 2. The van der Waals surface area contributed by atoms with E-state index in [2.05, 4.69) is 25.4 Å². The Kier molecular flexibility index (Phi) is 4.63. The zero-order valence-corrected chi connectivity index (χ0v) is 14.6. The van der Waals surface area contributed by atoms with E-state index in [1.54, 1.807) is 0 Å². The van der Waals surface area contributed by atoms with Gasteiger partial charge in [0, 0.05) is 13.1 Å². The molecule has 1 aliphatic heterocycles. The van der Waals surface area contributed by atoms with Crippen LogP contribution in [0.15, 0.2) is 29.1 Å². The van der Waals surface area contributed by atoms with Gasteiger partial charge in [0.05, 0.1) is 12.6 Å². The molecule has 2 aromatic rings. The van der Waals surface area contributed by atoms with Gasteiger partial charge in [-0.3, -0.25) is 9.88 Å². The Morgan fingerprint density at radius 1 is 1.40 bits per heavy atom. The Labute approximate surface area is 145 Å². The Bertz CT molecular complexity index is 805. The van der Waals surface area contributed by atoms with Crippen molar-refractivity contribution in [2.45, 2.75) is 45.5 Å². The van der Waals surface area contributed by atoms with Crippen LogP contribution in [0.2, 0.25) is 0 Å². The van der Waals surface area contributed by atoms with Crippen molar-refractivity contribution in [3.8, 4) is 0 Å². The second-order valence-corrected chi connectivity index (χ2v) is 7.19. The first-order valence-corrected chi connectivity index (χ1v) is 8.23. The average molecular weight is 345 g/mol. The van der Waals surface area contributed by atoms with Gasteiger partial charge in [0.2, 0.25) is 0 Å². The van der Waals surface area contributed by atoms with Crippen LogP contribution in [0.1, 0.15) is 43.8 Å². The number of benzene rings is 1. The molecule has 3 rings (SSSR count). The monoisotopic (exact) mass is 345 g/mol. The van der Waals surface area contributed by atoms with Gasteiger partial charge in [0.25, 0.3) is 0 Å². The maximum atomic E-state index is 12.2. The predicted octanol–water partition coefficient (Wildman–Crippen LogP) is 1.68. The molecular weight excluding hydrogens is 322 g/mol. The molecule has 0 saturated heterocycles. The second-order valence-electron chi connectivity index (χ2n) is 7.19. The van der Waals surface area contributed by atoms with E-state index in [0.29, 0.717) is 18.9 Å². The number of fused-ring (bicyclic) bond motifs is 1. The normalized spacial score (nSPS) is 17.8. The molecule has 134 valence electrons. The molecule has 1 amide bonds. The minimum atomic E-state index is -0.549. The van der Waals surface area contributed by atoms with Crippen LogP contribution in [-0.4, -0.2) is 38.3 Å². The summed E-state index contributed by atoms with van der Waals surface area (Å²) in [6, 6.07) is 7.81. The van der Waals surface area contributed by atoms with Crippen molar-refractivity contribution in [1.29, 1.82) is 0 Å². The molecule has 0 aliphatic carbocycles. The number of hydrogen-bond donors (Lipinski definition) is 3. The summed E-state index contributed by atoms with van der Waals surface area (Å²) in [6.07, 6.45) is -0.442. The first-order valence-electron chi connectivity index (χ1n) is 8.23. The lowest BCUT2D eigenvalue weighted by molar-refractivity contribution is 0.0481. The van der Waals surface area contributed by atoms with Gasteiger partial charge in [-0.2, -0.15) is 5.10 Å². The van der Waals surface area contributed by atoms with Crippen molar-refractivity contribution in [2.75, 3.05) is 6.54 Å². The molecule has 1 aromatic carbocycles. The van der Waals surface area contributed by atoms with E-state index in [4.69, 9.17) is 4.74 Å². The predicted molar refractivity (Wildman–Crippen MR) is 91.9 cm³/mol. The lowest BCUT2D eigenvalue weighted by Crippen LogP contribution is -2.43. The molecular formula is C17H23N5O3. The van der Waals surface area contributed by atoms with Crippen LogP contribution in [0.4, 0.5) is 4.79 Å². The number of aromatic amines is 2. The van der Waals surface area contributed by atoms with Gasteiger partial charge in [-0.15, -0.1) is 0 Å². The van der Waals surface area contributed by atoms with Crippen LogP contribution in [-0.2, 0) is 17.8 Å². The molecule has 25 heavy (non-hydrogen) atoms. The van der Waals surface area contributed by atoms with Gasteiger partial charge in [-0.25, -0.2) is 14.7 Å². The van der Waals surface area contributed by atoms with Gasteiger partial charge in [-0.1, -0.05) is 24.3 Å². The van der Waals surface area contributed by atoms with Gasteiger partial charge in [-0.05, 0) is 31.9 Å². The molecule has 3 N–H and O–H groups in total. The lowest BCUT2D eigenvalue weighted by Gasteiger charge is -2.34. The Morgan fingerprint density at radius 3 is 2.84 bits per heavy atom. The van der Waals surface area contributed by atoms with E-state index in [1.165, 1.54) is 0 Å². The standard InChI is InChI=1S/C17H23N5O3/c1-17(2,3)25-16(24)18-13-9-22(10-14-19-15(23)21-20-14)8-11-6-4-5-7-12(11)13/h4-7,13H,8-10H2,1-3H3,(H,18,24)(H2,19,20,21,23). The summed E-state index contributed by atoms with van der Waals surface area (Å²) >= 11 is 0. The Morgan fingerprint density at radius 2 is 2.16 bits per heavy atom. The molecule has 0 saturated carbocycles. The minimum Gasteiger partial charge on any atom is -0.444 e. The van der Waals surface area contributed by atoms with Gasteiger partial charge >= 0.3 is 11.8 Å². The van der Waals surface area contributed by atoms with Crippen LogP contribution in [0.3, 0.4) is 0 Å². The van der Waals surface area contributed by atoms with Gasteiger partial charge in [0.15, 0.2) is 0 Å². The molecule has 1 aliphatic rings. The van der Waals surface area contributed by atoms with Gasteiger partial charge in [0.1, 0.15) is 11.4 Å². The van der Waals surface area contributed by atoms with E-state index in [-0.39, 0.29) is 11.7 Å². The van der Waals surface area contributed by atoms with E-state index >= 15 is 0 Å². The number of ether oxygens (including phenoxy) is 1. The Hall–Kier alpha value is -2.61. The summed E-state index contributed by atoms with van der Waals surface area (Å²) in [7, 11) is 0. The fraction of sp³-hybridized carbons (Fsp3) is 0.471. The molecule has 8 nitrogen and oxygen atoms in total. The van der Waals surface area contributed by atoms with Gasteiger partial charge < -0.3 is 10.1 Å². The highest BCUT2D eigenvalue weighted by Crippen LogP contribution is 2.27. The van der Waals surface area contributed by atoms with Crippen molar-refractivity contribution in [3.63, 3.8) is 0 Å². The Balaban J connectivity index is 1.76. The third-order valence-electron chi connectivity index (χ3n) is 3.88. The number of rotatable bonds is 3. The lowest BCUT2D eigenvalue weighted by atomic mass is 9.95. The second kappa shape index (κ2) is 6.72. The highest BCUT2D eigenvalue weighted by atomic mass is 16.6. The summed E-state index contributed by atoms with van der Waals surface area (Å²) in [5.41, 5.74) is 1.34. The number of aromatic nitrogens is 3. The van der Waals surface area contributed by atoms with E-state index in [1.807, 2.05) is 45.0 Å². The number of H-pyrrole nitrogens is 2. The number of alkyl carbamates (subject to hydrolysis) is 1. The zero-order valence-electron chi connectivity index (χ0n) is 14.6. The number of hydrogen-bond acceptors (Lipinski definition) is 5. The van der Waals surface area contributed by atoms with Crippen molar-refractivity contribution < 1.29 is 9.53 Å². The van der Waals surface area contributed by atoms with E-state index < -0.39 is 11.7 Å². The summed E-state index contributed by atoms with van der Waals surface area (Å²) in [5, 5.41) is 9.27. The third kappa shape index (κ3) is 4.48. The topological polar surface area (TPSA) is 103 Å². The zero-order chi connectivity index (χ0) is 18.0. The fourth-order valence-electron chi connectivity index (χ4n) is 2.97. The summed E-state index contributed by atoms with van der Waals surface area (Å²) < 4.78 is 5.38. The minimum absolute atomic E-state index is 0.189. The van der Waals surface area contributed by atoms with Crippen LogP contribution in [0, 0.1) is 0 Å². The summed E-state index contributed by atoms with van der Waals surface area (Å²) in [4.78, 5) is 28.2. The fourth-order valence-corrected chi connectivity index (χ4v) is 2.97. The number of nitrogens with one attached hydrogen (secondary N) is 3. The largest absolute Gasteiger partial charge is 0.444 e. The third-order valence-corrected chi connectivity index (χ3v) is 3.88. The maximum Gasteiger partial charge on any atom is 0.408 e. The summed E-state index contributed by atoms with van der Waals surface area (Å²) in [6.45, 7) is 7.31. The molecule has 0 spiro atoms. The molecule has 1 aromatic heterocycles. The number of amides is 1. The highest BCUT2D eigenvalue weighted by molar-refractivity contribution is 5.68. The van der Waals surface area contributed by atoms with Crippen molar-refractivity contribution >= 4 is 6.09 Å². The molecule has 0 bridgehead atoms. The molecule has 1 unspecified atom stereocenters. The highest BCUT2D eigenvalue weighted by Gasteiger charge is 2.28. The first kappa shape index (κ1) is 17.2. The number of carbonyl (C=O) groups is 1. The van der Waals surface area contributed by atoms with E-state index in [0.717, 1.165) is 17.7 Å². The number of carbonyl (C=O) groups excluding carboxylic acids is 1. The first-order chi connectivity index (χ1) is 11.8. The van der Waals surface area contributed by atoms with Crippen LogP contribution >= 0.6 is 0 Å². The smallest absolute Gasteiger partial charge is 0.408 e. The SMILES string of the molecule is CC(C)(C)OC(=O)NC1CN(Cc2n[nH]c(=O)[nH]2)Cc2ccccc21. The van der Waals surface area contributed by atoms with E-state index in [9.17, 15) is 9.59 Å². The van der Waals surface area contributed by atoms with Crippen molar-refractivity contribution in [3.05, 3.63) is 51.7 Å². The van der Waals surface area contributed by atoms with Crippen LogP contribution in [0.25, 0.3) is 0 Å². The molecule has 0 fully saturated rings. The molecule has 8 heteroatoms. The van der Waals surface area contributed by atoms with Crippen molar-refractivity contribution in [1.82, 2.24) is 25.4 Å². The van der Waals surface area contributed by atoms with Crippen molar-refractivity contribution in [2.24, 2.45) is 0 Å². The molecule has 1 atom stereocenters. The molecule has 0 radical (unpaired) electrons. The van der Waals surface area contributed by atoms with Crippen LogP contribution < -0.4 is 11.0 Å². The maximum absolute atomic E-state index is 12.2. The average Bonchev–Trinajstić information content (AvgIpc) is 2.90. The molecule has 2 heterocycles. The van der Waals surface area contributed by atoms with Crippen LogP contribution in [0.5, 0.6) is 0 Å². The quantitative estimate of drug-likeness (QED) is 0.785. The summed E-state index contributed by atoms with van der Waals surface area (Å²) in [5.74, 6) is 0.570.